The largest absolute Gasteiger partial charge is 0.480 e. The molecule has 1 amide bonds. The Morgan fingerprint density at radius 1 is 1.26 bits per heavy atom. The second kappa shape index (κ2) is 8.96. The van der Waals surface area contributed by atoms with Crippen molar-refractivity contribution in [3.8, 4) is 0 Å². The van der Waals surface area contributed by atoms with Gasteiger partial charge < -0.3 is 10.4 Å². The summed E-state index contributed by atoms with van der Waals surface area (Å²) in [5.41, 5.74) is 0.358. The van der Waals surface area contributed by atoms with Crippen LogP contribution in [0.15, 0.2) is 40.6 Å². The van der Waals surface area contributed by atoms with Crippen LogP contribution in [0.4, 0.5) is 5.13 Å². The zero-order valence-corrected chi connectivity index (χ0v) is 16.5. The second-order valence-corrected chi connectivity index (χ2v) is 8.55. The highest BCUT2D eigenvalue weighted by atomic mass is 32.2. The van der Waals surface area contributed by atoms with Gasteiger partial charge in [0, 0.05) is 5.38 Å². The number of amides is 1. The van der Waals surface area contributed by atoms with Crippen molar-refractivity contribution in [2.45, 2.75) is 37.6 Å². The number of benzene rings is 1. The van der Waals surface area contributed by atoms with Gasteiger partial charge in [0.05, 0.1) is 17.0 Å². The van der Waals surface area contributed by atoms with Crippen LogP contribution in [0.25, 0.3) is 0 Å². The van der Waals surface area contributed by atoms with Crippen LogP contribution >= 0.6 is 11.3 Å². The summed E-state index contributed by atoms with van der Waals surface area (Å²) in [6.45, 7) is 3.59. The van der Waals surface area contributed by atoms with Crippen LogP contribution in [0.2, 0.25) is 0 Å². The van der Waals surface area contributed by atoms with Gasteiger partial charge in [-0.25, -0.2) is 18.2 Å². The zero-order valence-electron chi connectivity index (χ0n) is 14.9. The number of carboxylic acids is 1. The van der Waals surface area contributed by atoms with Gasteiger partial charge in [0.2, 0.25) is 5.91 Å². The van der Waals surface area contributed by atoms with E-state index in [0.29, 0.717) is 12.1 Å². The van der Waals surface area contributed by atoms with Crippen molar-refractivity contribution in [1.29, 1.82) is 0 Å². The van der Waals surface area contributed by atoms with E-state index in [0.717, 1.165) is 11.3 Å². The summed E-state index contributed by atoms with van der Waals surface area (Å²) in [6.07, 6.45) is 0.475. The fraction of sp³-hybridized carbons (Fsp3) is 0.353. The molecule has 0 bridgehead atoms. The molecule has 8 nitrogen and oxygen atoms in total. The molecule has 2 rings (SSSR count). The molecule has 10 heteroatoms. The number of carbonyl (C=O) groups is 2. The molecule has 0 aliphatic rings. The van der Waals surface area contributed by atoms with E-state index < -0.39 is 27.9 Å². The maximum atomic E-state index is 12.3. The van der Waals surface area contributed by atoms with E-state index >= 15 is 0 Å². The predicted octanol–water partition coefficient (Wildman–Crippen LogP) is 2.10. The highest BCUT2D eigenvalue weighted by Crippen LogP contribution is 2.20. The molecule has 0 aliphatic carbocycles. The average molecular weight is 412 g/mol. The Labute approximate surface area is 161 Å². The molecule has 1 aromatic heterocycles. The van der Waals surface area contributed by atoms with Crippen molar-refractivity contribution < 1.29 is 23.1 Å². The Kier molecular flexibility index (Phi) is 6.92. The summed E-state index contributed by atoms with van der Waals surface area (Å²) >= 11 is 1.05. The molecular weight excluding hydrogens is 390 g/mol. The molecule has 0 fully saturated rings. The number of carbonyl (C=O) groups excluding carboxylic acids is 1. The molecule has 0 saturated carbocycles. The summed E-state index contributed by atoms with van der Waals surface area (Å²) in [7, 11) is -3.75. The average Bonchev–Trinajstić information content (AvgIpc) is 3.05. The van der Waals surface area contributed by atoms with E-state index in [1.165, 1.54) is 12.1 Å². The number of anilines is 1. The van der Waals surface area contributed by atoms with Gasteiger partial charge in [-0.2, -0.15) is 0 Å². The first kappa shape index (κ1) is 20.8. The molecule has 2 atom stereocenters. The van der Waals surface area contributed by atoms with Gasteiger partial charge in [-0.05, 0) is 18.1 Å². The summed E-state index contributed by atoms with van der Waals surface area (Å²) in [5.74, 6) is -1.78. The predicted molar refractivity (Wildman–Crippen MR) is 102 cm³/mol. The number of aromatic nitrogens is 1. The topological polar surface area (TPSA) is 125 Å². The number of aliphatic carboxylic acids is 1. The number of thiazole rings is 1. The van der Waals surface area contributed by atoms with E-state index in [2.05, 4.69) is 15.0 Å². The lowest BCUT2D eigenvalue weighted by atomic mass is 9.99. The van der Waals surface area contributed by atoms with Gasteiger partial charge in [-0.1, -0.05) is 38.5 Å². The highest BCUT2D eigenvalue weighted by molar-refractivity contribution is 7.93. The first-order valence-electron chi connectivity index (χ1n) is 8.27. The van der Waals surface area contributed by atoms with Gasteiger partial charge in [0.1, 0.15) is 6.04 Å². The summed E-state index contributed by atoms with van der Waals surface area (Å²) in [5, 5.41) is 13.4. The van der Waals surface area contributed by atoms with Crippen molar-refractivity contribution in [2.75, 3.05) is 4.72 Å². The van der Waals surface area contributed by atoms with Crippen molar-refractivity contribution in [3.05, 3.63) is 41.4 Å². The highest BCUT2D eigenvalue weighted by Gasteiger charge is 2.25. The third-order valence-corrected chi connectivity index (χ3v) is 6.25. The fourth-order valence-electron chi connectivity index (χ4n) is 2.28. The number of sulfonamides is 1. The first-order chi connectivity index (χ1) is 12.7. The maximum Gasteiger partial charge on any atom is 0.326 e. The number of hydrogen-bond donors (Lipinski definition) is 3. The van der Waals surface area contributed by atoms with E-state index in [4.69, 9.17) is 0 Å². The Bertz CT molecular complexity index is 896. The van der Waals surface area contributed by atoms with E-state index in [-0.39, 0.29) is 22.4 Å². The van der Waals surface area contributed by atoms with Gasteiger partial charge in [-0.3, -0.25) is 9.52 Å². The monoisotopic (exact) mass is 411 g/mol. The van der Waals surface area contributed by atoms with Crippen LogP contribution in [0.3, 0.4) is 0 Å². The third kappa shape index (κ3) is 5.76. The molecule has 1 heterocycles. The summed E-state index contributed by atoms with van der Waals surface area (Å²) in [6, 6.07) is 6.89. The molecule has 27 heavy (non-hydrogen) atoms. The standard InChI is InChI=1S/C17H21N3O5S2/c1-3-11(2)15(16(22)23)19-14(21)9-12-10-26-17(18-12)20-27(24,25)13-7-5-4-6-8-13/h4-8,10-11,15H,3,9H2,1-2H3,(H,18,20)(H,19,21)(H,22,23). The lowest BCUT2D eigenvalue weighted by molar-refractivity contribution is -0.143. The van der Waals surface area contributed by atoms with Crippen molar-refractivity contribution >= 4 is 38.4 Å². The number of carboxylic acid groups (broad SMARTS) is 1. The molecule has 1 aromatic carbocycles. The van der Waals surface area contributed by atoms with Crippen molar-refractivity contribution in [3.63, 3.8) is 0 Å². The zero-order chi connectivity index (χ0) is 20.0. The van der Waals surface area contributed by atoms with Crippen molar-refractivity contribution in [1.82, 2.24) is 10.3 Å². The van der Waals surface area contributed by atoms with E-state index in [9.17, 15) is 23.1 Å². The van der Waals surface area contributed by atoms with Crippen LogP contribution in [0.5, 0.6) is 0 Å². The molecule has 0 spiro atoms. The first-order valence-corrected chi connectivity index (χ1v) is 10.6. The quantitative estimate of drug-likeness (QED) is 0.580. The molecule has 0 radical (unpaired) electrons. The van der Waals surface area contributed by atoms with Crippen LogP contribution in [0, 0.1) is 5.92 Å². The van der Waals surface area contributed by atoms with Gasteiger partial charge in [0.15, 0.2) is 5.13 Å². The van der Waals surface area contributed by atoms with Gasteiger partial charge in [0.25, 0.3) is 10.0 Å². The lowest BCUT2D eigenvalue weighted by Crippen LogP contribution is -2.45. The molecule has 0 aliphatic heterocycles. The minimum atomic E-state index is -3.75. The van der Waals surface area contributed by atoms with Crippen LogP contribution in [0.1, 0.15) is 26.0 Å². The SMILES string of the molecule is CCC(C)C(NC(=O)Cc1csc(NS(=O)(=O)c2ccccc2)n1)C(=O)O. The normalized spacial score (nSPS) is 13.6. The number of hydrogen-bond acceptors (Lipinski definition) is 6. The van der Waals surface area contributed by atoms with Crippen molar-refractivity contribution in [2.24, 2.45) is 5.92 Å². The minimum Gasteiger partial charge on any atom is -0.480 e. The minimum absolute atomic E-state index is 0.109. The van der Waals surface area contributed by atoms with E-state index in [1.807, 2.05) is 6.92 Å². The van der Waals surface area contributed by atoms with E-state index in [1.54, 1.807) is 30.5 Å². The third-order valence-electron chi connectivity index (χ3n) is 3.96. The Balaban J connectivity index is 2.01. The van der Waals surface area contributed by atoms with Crippen LogP contribution in [-0.4, -0.2) is 36.4 Å². The maximum absolute atomic E-state index is 12.3. The van der Waals surface area contributed by atoms with Crippen LogP contribution < -0.4 is 10.0 Å². The summed E-state index contributed by atoms with van der Waals surface area (Å²) in [4.78, 5) is 27.6. The Morgan fingerprint density at radius 2 is 1.93 bits per heavy atom. The van der Waals surface area contributed by atoms with Gasteiger partial charge >= 0.3 is 5.97 Å². The molecule has 146 valence electrons. The molecule has 2 unspecified atom stereocenters. The lowest BCUT2D eigenvalue weighted by Gasteiger charge is -2.19. The number of nitrogens with zero attached hydrogens (tertiary/aromatic N) is 1. The second-order valence-electron chi connectivity index (χ2n) is 6.01. The Hall–Kier alpha value is -2.46. The Morgan fingerprint density at radius 3 is 2.52 bits per heavy atom. The van der Waals surface area contributed by atoms with Gasteiger partial charge in [-0.15, -0.1) is 11.3 Å². The number of rotatable bonds is 9. The fourth-order valence-corrected chi connectivity index (χ4v) is 4.26. The van der Waals surface area contributed by atoms with Crippen LogP contribution in [-0.2, 0) is 26.0 Å². The summed E-state index contributed by atoms with van der Waals surface area (Å²) < 4.78 is 26.9. The number of nitrogens with one attached hydrogen (secondary N) is 2. The molecule has 0 saturated heterocycles. The molecular formula is C17H21N3O5S2. The molecule has 2 aromatic rings. The molecule has 3 N–H and O–H groups in total. The smallest absolute Gasteiger partial charge is 0.326 e.